The fourth-order valence-electron chi connectivity index (χ4n) is 1.08. The second-order valence-electron chi connectivity index (χ2n) is 3.07. The number of benzene rings is 1. The number of carbonyl (C=O) groups is 1. The van der Waals surface area contributed by atoms with Gasteiger partial charge in [0.05, 0.1) is 6.54 Å². The number of halogens is 3. The minimum absolute atomic E-state index is 0.0193. The molecule has 0 aliphatic carbocycles. The molecule has 0 bridgehead atoms. The van der Waals surface area contributed by atoms with Crippen molar-refractivity contribution in [3.05, 3.63) is 28.2 Å². The summed E-state index contributed by atoms with van der Waals surface area (Å²) in [4.78, 5) is 11.2. The van der Waals surface area contributed by atoms with Gasteiger partial charge in [-0.2, -0.15) is 0 Å². The average Bonchev–Trinajstić information content (AvgIpc) is 2.20. The molecule has 0 heterocycles. The molecule has 0 saturated carbocycles. The molecule has 6 heteroatoms. The Morgan fingerprint density at radius 1 is 1.38 bits per heavy atom. The highest BCUT2D eigenvalue weighted by molar-refractivity contribution is 9.10. The molecule has 1 aromatic rings. The van der Waals surface area contributed by atoms with E-state index in [2.05, 4.69) is 26.6 Å². The third kappa shape index (κ3) is 3.53. The normalized spacial score (nSPS) is 10.2. The van der Waals surface area contributed by atoms with Crippen molar-refractivity contribution in [3.63, 3.8) is 0 Å². The minimum Gasteiger partial charge on any atom is -0.320 e. The third-order valence-electron chi connectivity index (χ3n) is 1.81. The van der Waals surface area contributed by atoms with Gasteiger partial charge in [0.1, 0.15) is 5.69 Å². The van der Waals surface area contributed by atoms with Crippen LogP contribution in [0.3, 0.4) is 0 Å². The van der Waals surface area contributed by atoms with Crippen molar-refractivity contribution in [1.82, 2.24) is 5.32 Å². The Morgan fingerprint density at radius 3 is 2.44 bits per heavy atom. The summed E-state index contributed by atoms with van der Waals surface area (Å²) in [6.07, 6.45) is 0. The van der Waals surface area contributed by atoms with Crippen molar-refractivity contribution in [3.8, 4) is 0 Å². The van der Waals surface area contributed by atoms with Gasteiger partial charge in [-0.1, -0.05) is 22.9 Å². The molecule has 0 atom stereocenters. The molecule has 0 radical (unpaired) electrons. The van der Waals surface area contributed by atoms with Gasteiger partial charge in [-0.3, -0.25) is 4.79 Å². The van der Waals surface area contributed by atoms with Crippen molar-refractivity contribution in [1.29, 1.82) is 0 Å². The lowest BCUT2D eigenvalue weighted by Crippen LogP contribution is -2.28. The van der Waals surface area contributed by atoms with E-state index in [1.165, 1.54) is 0 Å². The standard InChI is InChI=1S/C10H11BrF2N2O/c1-2-14-5-9(16)15-10-7(12)3-6(11)4-8(10)13/h3-4,14H,2,5H2,1H3,(H,15,16). The van der Waals surface area contributed by atoms with Crippen molar-refractivity contribution < 1.29 is 13.6 Å². The van der Waals surface area contributed by atoms with Crippen LogP contribution in [0.5, 0.6) is 0 Å². The van der Waals surface area contributed by atoms with Gasteiger partial charge in [0.25, 0.3) is 0 Å². The van der Waals surface area contributed by atoms with Gasteiger partial charge in [0, 0.05) is 4.47 Å². The van der Waals surface area contributed by atoms with Gasteiger partial charge in [-0.05, 0) is 18.7 Å². The second-order valence-corrected chi connectivity index (χ2v) is 3.99. The molecule has 16 heavy (non-hydrogen) atoms. The van der Waals surface area contributed by atoms with Gasteiger partial charge in [0.15, 0.2) is 11.6 Å². The van der Waals surface area contributed by atoms with Crippen LogP contribution in [0.25, 0.3) is 0 Å². The summed E-state index contributed by atoms with van der Waals surface area (Å²) < 4.78 is 26.9. The highest BCUT2D eigenvalue weighted by Crippen LogP contribution is 2.23. The third-order valence-corrected chi connectivity index (χ3v) is 2.26. The van der Waals surface area contributed by atoms with E-state index in [9.17, 15) is 13.6 Å². The summed E-state index contributed by atoms with van der Waals surface area (Å²) in [5.41, 5.74) is -0.425. The van der Waals surface area contributed by atoms with Crippen molar-refractivity contribution in [2.75, 3.05) is 18.4 Å². The first kappa shape index (κ1) is 13.1. The molecule has 3 nitrogen and oxygen atoms in total. The average molecular weight is 293 g/mol. The van der Waals surface area contributed by atoms with E-state index in [0.717, 1.165) is 12.1 Å². The Kier molecular flexibility index (Phi) is 4.82. The number of amides is 1. The molecular formula is C10H11BrF2N2O. The van der Waals surface area contributed by atoms with Crippen LogP contribution in [-0.4, -0.2) is 19.0 Å². The number of hydrogen-bond donors (Lipinski definition) is 2. The summed E-state index contributed by atoms with van der Waals surface area (Å²) in [5, 5.41) is 4.92. The van der Waals surface area contributed by atoms with Crippen LogP contribution in [0.1, 0.15) is 6.92 Å². The molecule has 2 N–H and O–H groups in total. The lowest BCUT2D eigenvalue weighted by molar-refractivity contribution is -0.115. The van der Waals surface area contributed by atoms with Gasteiger partial charge in [0.2, 0.25) is 5.91 Å². The van der Waals surface area contributed by atoms with Crippen LogP contribution in [0, 0.1) is 11.6 Å². The molecule has 0 aliphatic rings. The van der Waals surface area contributed by atoms with E-state index in [-0.39, 0.29) is 11.0 Å². The Hall–Kier alpha value is -1.01. The number of rotatable bonds is 4. The highest BCUT2D eigenvalue weighted by atomic mass is 79.9. The molecule has 1 amide bonds. The molecule has 1 rings (SSSR count). The van der Waals surface area contributed by atoms with E-state index in [4.69, 9.17) is 0 Å². The Balaban J connectivity index is 2.77. The minimum atomic E-state index is -0.809. The largest absolute Gasteiger partial charge is 0.320 e. The monoisotopic (exact) mass is 292 g/mol. The zero-order chi connectivity index (χ0) is 12.1. The maximum Gasteiger partial charge on any atom is 0.238 e. The van der Waals surface area contributed by atoms with E-state index < -0.39 is 23.2 Å². The fraction of sp³-hybridized carbons (Fsp3) is 0.300. The Bertz CT molecular complexity index is 375. The first-order valence-corrected chi connectivity index (χ1v) is 5.49. The number of nitrogens with one attached hydrogen (secondary N) is 2. The smallest absolute Gasteiger partial charge is 0.238 e. The predicted molar refractivity (Wildman–Crippen MR) is 61.2 cm³/mol. The topological polar surface area (TPSA) is 41.1 Å². The first-order valence-electron chi connectivity index (χ1n) is 4.69. The van der Waals surface area contributed by atoms with Gasteiger partial charge < -0.3 is 10.6 Å². The van der Waals surface area contributed by atoms with Crippen LogP contribution >= 0.6 is 15.9 Å². The molecule has 0 saturated heterocycles. The van der Waals surface area contributed by atoms with E-state index >= 15 is 0 Å². The van der Waals surface area contributed by atoms with Gasteiger partial charge in [-0.15, -0.1) is 0 Å². The number of carbonyl (C=O) groups excluding carboxylic acids is 1. The number of hydrogen-bond acceptors (Lipinski definition) is 2. The molecule has 88 valence electrons. The number of likely N-dealkylation sites (N-methyl/N-ethyl adjacent to an activating group) is 1. The molecule has 0 aliphatic heterocycles. The highest BCUT2D eigenvalue weighted by Gasteiger charge is 2.12. The fourth-order valence-corrected chi connectivity index (χ4v) is 1.49. The van der Waals surface area contributed by atoms with Gasteiger partial charge >= 0.3 is 0 Å². The maximum atomic E-state index is 13.3. The molecular weight excluding hydrogens is 282 g/mol. The molecule has 0 fully saturated rings. The Morgan fingerprint density at radius 2 is 1.94 bits per heavy atom. The van der Waals surface area contributed by atoms with Crippen LogP contribution < -0.4 is 10.6 Å². The summed E-state index contributed by atoms with van der Waals surface area (Å²) >= 11 is 2.95. The van der Waals surface area contributed by atoms with Crippen LogP contribution in [0.2, 0.25) is 0 Å². The number of anilines is 1. The van der Waals surface area contributed by atoms with Crippen molar-refractivity contribution in [2.45, 2.75) is 6.92 Å². The zero-order valence-electron chi connectivity index (χ0n) is 8.61. The molecule has 0 aromatic heterocycles. The lowest BCUT2D eigenvalue weighted by atomic mass is 10.3. The SMILES string of the molecule is CCNCC(=O)Nc1c(F)cc(Br)cc1F. The predicted octanol–water partition coefficient (Wildman–Crippen LogP) is 2.28. The van der Waals surface area contributed by atoms with Crippen molar-refractivity contribution >= 4 is 27.5 Å². The van der Waals surface area contributed by atoms with Crippen LogP contribution in [0.15, 0.2) is 16.6 Å². The van der Waals surface area contributed by atoms with Crippen LogP contribution in [-0.2, 0) is 4.79 Å². The molecule has 0 unspecified atom stereocenters. The van der Waals surface area contributed by atoms with Gasteiger partial charge in [-0.25, -0.2) is 8.78 Å². The summed E-state index contributed by atoms with van der Waals surface area (Å²) in [6, 6.07) is 2.18. The Labute approximate surface area is 100 Å². The van der Waals surface area contributed by atoms with E-state index in [1.54, 1.807) is 0 Å². The summed E-state index contributed by atoms with van der Waals surface area (Å²) in [5.74, 6) is -2.10. The molecule has 0 spiro atoms. The second kappa shape index (κ2) is 5.91. The quantitative estimate of drug-likeness (QED) is 0.894. The van der Waals surface area contributed by atoms with Crippen LogP contribution in [0.4, 0.5) is 14.5 Å². The zero-order valence-corrected chi connectivity index (χ0v) is 10.2. The summed E-state index contributed by atoms with van der Waals surface area (Å²) in [7, 11) is 0. The lowest BCUT2D eigenvalue weighted by Gasteiger charge is -2.08. The van der Waals surface area contributed by atoms with Crippen molar-refractivity contribution in [2.24, 2.45) is 0 Å². The maximum absolute atomic E-state index is 13.3. The van der Waals surface area contributed by atoms with E-state index in [1.807, 2.05) is 6.92 Å². The van der Waals surface area contributed by atoms with E-state index in [0.29, 0.717) is 6.54 Å². The summed E-state index contributed by atoms with van der Waals surface area (Å²) in [6.45, 7) is 2.46. The first-order chi connectivity index (χ1) is 7.54. The molecule has 1 aromatic carbocycles.